The van der Waals surface area contributed by atoms with Gasteiger partial charge in [0.05, 0.1) is 11.6 Å². The molecule has 1 aliphatic heterocycles. The van der Waals surface area contributed by atoms with Gasteiger partial charge in [0, 0.05) is 23.8 Å². The third-order valence-electron chi connectivity index (χ3n) is 5.27. The maximum atomic E-state index is 13.2. The maximum Gasteiger partial charge on any atom is 0.256 e. The molecule has 0 saturated heterocycles. The number of benzene rings is 1. The SMILES string of the molecule is Cc1cccc2c1NCCC2C(=O)n1nc2c(c1N)CCC[C@H]2N. The lowest BCUT2D eigenvalue weighted by Gasteiger charge is -2.27. The van der Waals surface area contributed by atoms with Crippen molar-refractivity contribution in [2.45, 2.75) is 44.6 Å². The fourth-order valence-corrected chi connectivity index (χ4v) is 3.96. The molecule has 0 spiro atoms. The van der Waals surface area contributed by atoms with Gasteiger partial charge in [-0.1, -0.05) is 18.2 Å². The van der Waals surface area contributed by atoms with Crippen molar-refractivity contribution >= 4 is 17.4 Å². The van der Waals surface area contributed by atoms with Gasteiger partial charge in [0.1, 0.15) is 5.82 Å². The first-order valence-electron chi connectivity index (χ1n) is 8.58. The van der Waals surface area contributed by atoms with Gasteiger partial charge in [-0.2, -0.15) is 9.78 Å². The van der Waals surface area contributed by atoms with E-state index in [0.29, 0.717) is 5.82 Å². The molecule has 0 bridgehead atoms. The van der Waals surface area contributed by atoms with E-state index in [2.05, 4.69) is 23.4 Å². The topological polar surface area (TPSA) is 99.0 Å². The Bertz CT molecular complexity index is 810. The van der Waals surface area contributed by atoms with Crippen LogP contribution in [-0.2, 0) is 6.42 Å². The van der Waals surface area contributed by atoms with Crippen LogP contribution in [0, 0.1) is 6.92 Å². The Morgan fingerprint density at radius 1 is 1.38 bits per heavy atom. The van der Waals surface area contributed by atoms with E-state index >= 15 is 0 Å². The summed E-state index contributed by atoms with van der Waals surface area (Å²) in [6, 6.07) is 5.95. The predicted molar refractivity (Wildman–Crippen MR) is 94.2 cm³/mol. The van der Waals surface area contributed by atoms with Crippen LogP contribution in [0.15, 0.2) is 18.2 Å². The van der Waals surface area contributed by atoms with Gasteiger partial charge in [-0.15, -0.1) is 0 Å². The third-order valence-corrected chi connectivity index (χ3v) is 5.27. The van der Waals surface area contributed by atoms with E-state index in [1.165, 1.54) is 4.68 Å². The summed E-state index contributed by atoms with van der Waals surface area (Å²) in [5.41, 5.74) is 17.4. The van der Waals surface area contributed by atoms with Gasteiger partial charge in [0.2, 0.25) is 0 Å². The number of nitrogen functional groups attached to an aromatic ring is 1. The van der Waals surface area contributed by atoms with Crippen molar-refractivity contribution in [3.8, 4) is 0 Å². The fraction of sp³-hybridized carbons (Fsp3) is 0.444. The Kier molecular flexibility index (Phi) is 3.57. The minimum Gasteiger partial charge on any atom is -0.385 e. The molecule has 0 fully saturated rings. The van der Waals surface area contributed by atoms with Crippen LogP contribution in [-0.4, -0.2) is 22.2 Å². The molecule has 2 heterocycles. The van der Waals surface area contributed by atoms with E-state index < -0.39 is 0 Å². The lowest BCUT2D eigenvalue weighted by molar-refractivity contribution is 0.0859. The van der Waals surface area contributed by atoms with Crippen LogP contribution in [0.5, 0.6) is 0 Å². The number of aryl methyl sites for hydroxylation is 1. The largest absolute Gasteiger partial charge is 0.385 e. The molecule has 126 valence electrons. The van der Waals surface area contributed by atoms with Gasteiger partial charge < -0.3 is 16.8 Å². The number of fused-ring (bicyclic) bond motifs is 2. The molecule has 5 N–H and O–H groups in total. The van der Waals surface area contributed by atoms with Crippen LogP contribution < -0.4 is 16.8 Å². The first-order valence-corrected chi connectivity index (χ1v) is 8.58. The summed E-state index contributed by atoms with van der Waals surface area (Å²) in [7, 11) is 0. The van der Waals surface area contributed by atoms with Gasteiger partial charge in [0.15, 0.2) is 0 Å². The molecule has 1 aromatic heterocycles. The number of nitrogens with one attached hydrogen (secondary N) is 1. The van der Waals surface area contributed by atoms with Gasteiger partial charge in [-0.25, -0.2) is 0 Å². The summed E-state index contributed by atoms with van der Waals surface area (Å²) in [5, 5.41) is 7.90. The van der Waals surface area contributed by atoms with Gasteiger partial charge >= 0.3 is 0 Å². The average Bonchev–Trinajstić information content (AvgIpc) is 2.93. The number of nitrogens with two attached hydrogens (primary N) is 2. The van der Waals surface area contributed by atoms with Crippen molar-refractivity contribution in [1.29, 1.82) is 0 Å². The second-order valence-electron chi connectivity index (χ2n) is 6.80. The van der Waals surface area contributed by atoms with Gasteiger partial charge in [-0.3, -0.25) is 4.79 Å². The van der Waals surface area contributed by atoms with Crippen molar-refractivity contribution in [3.05, 3.63) is 40.6 Å². The Labute approximate surface area is 141 Å². The van der Waals surface area contributed by atoms with Gasteiger partial charge in [0.25, 0.3) is 5.91 Å². The first-order chi connectivity index (χ1) is 11.6. The molecule has 0 radical (unpaired) electrons. The number of carbonyl (C=O) groups excluding carboxylic acids is 1. The normalized spacial score (nSPS) is 22.4. The Morgan fingerprint density at radius 3 is 3.00 bits per heavy atom. The molecule has 1 unspecified atom stereocenters. The third kappa shape index (κ3) is 2.21. The number of para-hydroxylation sites is 1. The number of carbonyl (C=O) groups is 1. The van der Waals surface area contributed by atoms with Gasteiger partial charge in [-0.05, 0) is 43.7 Å². The van der Waals surface area contributed by atoms with Crippen molar-refractivity contribution in [2.75, 3.05) is 17.6 Å². The van der Waals surface area contributed by atoms with Crippen molar-refractivity contribution in [1.82, 2.24) is 9.78 Å². The molecule has 6 nitrogen and oxygen atoms in total. The summed E-state index contributed by atoms with van der Waals surface area (Å²) >= 11 is 0. The van der Waals surface area contributed by atoms with Crippen molar-refractivity contribution in [3.63, 3.8) is 0 Å². The molecule has 2 atom stereocenters. The molecule has 2 aliphatic rings. The molecule has 1 aromatic carbocycles. The van der Waals surface area contributed by atoms with E-state index in [9.17, 15) is 4.79 Å². The molecule has 4 rings (SSSR count). The summed E-state index contributed by atoms with van der Waals surface area (Å²) in [6.45, 7) is 2.83. The lowest BCUT2D eigenvalue weighted by Crippen LogP contribution is -2.29. The number of anilines is 2. The molecule has 6 heteroatoms. The van der Waals surface area contributed by atoms with Crippen LogP contribution >= 0.6 is 0 Å². The number of hydrogen-bond acceptors (Lipinski definition) is 5. The number of hydrogen-bond donors (Lipinski definition) is 3. The monoisotopic (exact) mass is 325 g/mol. The Hall–Kier alpha value is -2.34. The molecule has 0 saturated carbocycles. The zero-order valence-electron chi connectivity index (χ0n) is 13.9. The van der Waals surface area contributed by atoms with Crippen molar-refractivity contribution < 1.29 is 4.79 Å². The maximum absolute atomic E-state index is 13.2. The smallest absolute Gasteiger partial charge is 0.256 e. The quantitative estimate of drug-likeness (QED) is 0.747. The fourth-order valence-electron chi connectivity index (χ4n) is 3.96. The summed E-state index contributed by atoms with van der Waals surface area (Å²) in [4.78, 5) is 13.2. The number of nitrogens with zero attached hydrogens (tertiary/aromatic N) is 2. The first kappa shape index (κ1) is 15.2. The number of rotatable bonds is 1. The van der Waals surface area contributed by atoms with Crippen LogP contribution in [0.3, 0.4) is 0 Å². The average molecular weight is 325 g/mol. The zero-order chi connectivity index (χ0) is 16.8. The van der Waals surface area contributed by atoms with E-state index in [1.54, 1.807) is 0 Å². The Balaban J connectivity index is 1.75. The van der Waals surface area contributed by atoms with E-state index in [4.69, 9.17) is 11.5 Å². The standard InChI is InChI=1S/C18H23N5O/c1-10-4-2-5-11-12(8-9-21-15(10)11)18(24)23-17(20)13-6-3-7-14(19)16(13)22-23/h2,4-5,12,14,21H,3,6-9,19-20H2,1H3/t12?,14-/m1/s1. The van der Waals surface area contributed by atoms with Crippen LogP contribution in [0.4, 0.5) is 11.5 Å². The van der Waals surface area contributed by atoms with Crippen molar-refractivity contribution in [2.24, 2.45) is 5.73 Å². The second-order valence-corrected chi connectivity index (χ2v) is 6.80. The molecule has 0 amide bonds. The summed E-state index contributed by atoms with van der Waals surface area (Å²) in [6.07, 6.45) is 3.48. The minimum atomic E-state index is -0.221. The highest BCUT2D eigenvalue weighted by atomic mass is 16.2. The molecular weight excluding hydrogens is 302 g/mol. The van der Waals surface area contributed by atoms with Crippen LogP contribution in [0.1, 0.15) is 58.4 Å². The predicted octanol–water partition coefficient (Wildman–Crippen LogP) is 2.35. The molecule has 2 aromatic rings. The molecule has 24 heavy (non-hydrogen) atoms. The van der Waals surface area contributed by atoms with E-state index in [1.807, 2.05) is 12.1 Å². The zero-order valence-corrected chi connectivity index (χ0v) is 13.9. The van der Waals surface area contributed by atoms with E-state index in [-0.39, 0.29) is 17.9 Å². The Morgan fingerprint density at radius 2 is 2.21 bits per heavy atom. The second kappa shape index (κ2) is 5.63. The minimum absolute atomic E-state index is 0.0533. The van der Waals surface area contributed by atoms with E-state index in [0.717, 1.165) is 60.3 Å². The number of aromatic nitrogens is 2. The summed E-state index contributed by atoms with van der Waals surface area (Å²) in [5.74, 6) is 0.196. The highest BCUT2D eigenvalue weighted by Crippen LogP contribution is 2.37. The highest BCUT2D eigenvalue weighted by molar-refractivity contribution is 5.90. The van der Waals surface area contributed by atoms with Crippen LogP contribution in [0.2, 0.25) is 0 Å². The molecular formula is C18H23N5O. The van der Waals surface area contributed by atoms with Crippen LogP contribution in [0.25, 0.3) is 0 Å². The molecule has 1 aliphatic carbocycles. The lowest BCUT2D eigenvalue weighted by atomic mass is 9.88. The highest BCUT2D eigenvalue weighted by Gasteiger charge is 2.32. The summed E-state index contributed by atoms with van der Waals surface area (Å²) < 4.78 is 1.40.